The van der Waals surface area contributed by atoms with E-state index in [0.29, 0.717) is 11.8 Å². The average Bonchev–Trinajstić information content (AvgIpc) is 2.44. The highest BCUT2D eigenvalue weighted by atomic mass is 16.5. The van der Waals surface area contributed by atoms with Crippen LogP contribution in [-0.4, -0.2) is 29.0 Å². The van der Waals surface area contributed by atoms with Gasteiger partial charge in [-0.1, -0.05) is 17.7 Å². The molecular weight excluding hydrogens is 276 g/mol. The van der Waals surface area contributed by atoms with Crippen LogP contribution in [0.4, 0.5) is 0 Å². The summed E-state index contributed by atoms with van der Waals surface area (Å²) in [6, 6.07) is 7.15. The molecule has 0 aromatic heterocycles. The molecule has 3 N–H and O–H groups in total. The van der Waals surface area contributed by atoms with Crippen molar-refractivity contribution in [3.8, 4) is 5.75 Å². The molecule has 112 valence electrons. The third-order valence-electron chi connectivity index (χ3n) is 2.39. The standard InChI is InChI=1S/C14H16N2O5/c1-9-3-5-11(6-4-9)21-10(2)14(20)16-15-12(17)7-8-13(18)19/h3-8,10H,1-2H3,(H,15,17)(H,16,20)(H,18,19). The van der Waals surface area contributed by atoms with Crippen LogP contribution in [0.1, 0.15) is 12.5 Å². The highest BCUT2D eigenvalue weighted by Crippen LogP contribution is 2.13. The van der Waals surface area contributed by atoms with Gasteiger partial charge in [-0.15, -0.1) is 0 Å². The number of ether oxygens (including phenoxy) is 1. The SMILES string of the molecule is Cc1ccc(OC(C)C(=O)NNC(=O)C=CC(=O)O)cc1. The molecule has 1 aromatic rings. The zero-order valence-corrected chi connectivity index (χ0v) is 11.6. The number of benzene rings is 1. The minimum absolute atomic E-state index is 0.528. The molecule has 1 atom stereocenters. The molecule has 0 bridgehead atoms. The van der Waals surface area contributed by atoms with E-state index < -0.39 is 23.9 Å². The smallest absolute Gasteiger partial charge is 0.328 e. The quantitative estimate of drug-likeness (QED) is 0.543. The van der Waals surface area contributed by atoms with Gasteiger partial charge in [0.15, 0.2) is 6.10 Å². The van der Waals surface area contributed by atoms with Gasteiger partial charge in [-0.05, 0) is 26.0 Å². The molecule has 7 nitrogen and oxygen atoms in total. The Morgan fingerprint density at radius 3 is 2.33 bits per heavy atom. The number of carbonyl (C=O) groups excluding carboxylic acids is 2. The van der Waals surface area contributed by atoms with Crippen molar-refractivity contribution in [2.75, 3.05) is 0 Å². The molecule has 0 saturated heterocycles. The van der Waals surface area contributed by atoms with Crippen molar-refractivity contribution in [2.24, 2.45) is 0 Å². The monoisotopic (exact) mass is 292 g/mol. The second-order valence-electron chi connectivity index (χ2n) is 4.22. The molecular formula is C14H16N2O5. The number of nitrogens with one attached hydrogen (secondary N) is 2. The number of aryl methyl sites for hydroxylation is 1. The van der Waals surface area contributed by atoms with Gasteiger partial charge in [-0.2, -0.15) is 0 Å². The lowest BCUT2D eigenvalue weighted by Gasteiger charge is -2.14. The van der Waals surface area contributed by atoms with Gasteiger partial charge < -0.3 is 9.84 Å². The molecule has 0 radical (unpaired) electrons. The number of carbonyl (C=O) groups is 3. The first-order valence-corrected chi connectivity index (χ1v) is 6.12. The van der Waals surface area contributed by atoms with Gasteiger partial charge in [0.05, 0.1) is 0 Å². The molecule has 1 unspecified atom stereocenters. The van der Waals surface area contributed by atoms with E-state index >= 15 is 0 Å². The predicted molar refractivity (Wildman–Crippen MR) is 74.3 cm³/mol. The lowest BCUT2D eigenvalue weighted by atomic mass is 10.2. The predicted octanol–water partition coefficient (Wildman–Crippen LogP) is 0.551. The first-order valence-electron chi connectivity index (χ1n) is 6.12. The van der Waals surface area contributed by atoms with Crippen LogP contribution in [0, 0.1) is 6.92 Å². The number of hydrazine groups is 1. The minimum atomic E-state index is -1.26. The minimum Gasteiger partial charge on any atom is -0.481 e. The fourth-order valence-electron chi connectivity index (χ4n) is 1.29. The Labute approximate surface area is 121 Å². The number of rotatable bonds is 5. The van der Waals surface area contributed by atoms with Crippen molar-refractivity contribution in [1.29, 1.82) is 0 Å². The molecule has 0 fully saturated rings. The molecule has 21 heavy (non-hydrogen) atoms. The molecule has 0 heterocycles. The zero-order valence-electron chi connectivity index (χ0n) is 11.6. The fraction of sp³-hybridized carbons (Fsp3) is 0.214. The van der Waals surface area contributed by atoms with E-state index in [1.807, 2.05) is 24.5 Å². The van der Waals surface area contributed by atoms with Gasteiger partial charge in [0.25, 0.3) is 11.8 Å². The summed E-state index contributed by atoms with van der Waals surface area (Å²) in [5.41, 5.74) is 5.24. The third kappa shape index (κ3) is 6.24. The Morgan fingerprint density at radius 1 is 1.14 bits per heavy atom. The Bertz CT molecular complexity index is 551. The first-order chi connectivity index (χ1) is 9.88. The molecule has 0 saturated carbocycles. The van der Waals surface area contributed by atoms with Gasteiger partial charge in [0.2, 0.25) is 0 Å². The van der Waals surface area contributed by atoms with Crippen LogP contribution in [0.3, 0.4) is 0 Å². The summed E-state index contributed by atoms with van der Waals surface area (Å²) >= 11 is 0. The second-order valence-corrected chi connectivity index (χ2v) is 4.22. The summed E-state index contributed by atoms with van der Waals surface area (Å²) in [5.74, 6) is -2.05. The molecule has 2 amide bonds. The zero-order chi connectivity index (χ0) is 15.8. The van der Waals surface area contributed by atoms with Gasteiger partial charge in [0.1, 0.15) is 5.75 Å². The molecule has 7 heteroatoms. The number of amides is 2. The van der Waals surface area contributed by atoms with E-state index in [-0.39, 0.29) is 0 Å². The van der Waals surface area contributed by atoms with Crippen LogP contribution < -0.4 is 15.6 Å². The normalized spacial score (nSPS) is 11.7. The van der Waals surface area contributed by atoms with Crippen LogP contribution in [0.25, 0.3) is 0 Å². The number of hydrogen-bond acceptors (Lipinski definition) is 4. The first kappa shape index (κ1) is 16.2. The molecule has 0 aliphatic rings. The van der Waals surface area contributed by atoms with E-state index in [1.54, 1.807) is 12.1 Å². The highest BCUT2D eigenvalue weighted by Gasteiger charge is 2.14. The van der Waals surface area contributed by atoms with Crippen LogP contribution in [0.2, 0.25) is 0 Å². The lowest BCUT2D eigenvalue weighted by molar-refractivity contribution is -0.132. The summed E-state index contributed by atoms with van der Waals surface area (Å²) < 4.78 is 5.39. The summed E-state index contributed by atoms with van der Waals surface area (Å²) in [4.78, 5) is 33.0. The maximum atomic E-state index is 11.7. The van der Waals surface area contributed by atoms with Gasteiger partial charge in [0, 0.05) is 12.2 Å². The largest absolute Gasteiger partial charge is 0.481 e. The molecule has 0 spiro atoms. The average molecular weight is 292 g/mol. The van der Waals surface area contributed by atoms with E-state index in [0.717, 1.165) is 11.6 Å². The second kappa shape index (κ2) is 7.68. The van der Waals surface area contributed by atoms with Crippen molar-refractivity contribution in [3.05, 3.63) is 42.0 Å². The van der Waals surface area contributed by atoms with Crippen LogP contribution in [-0.2, 0) is 14.4 Å². The van der Waals surface area contributed by atoms with Crippen molar-refractivity contribution < 1.29 is 24.2 Å². The van der Waals surface area contributed by atoms with Crippen molar-refractivity contribution in [3.63, 3.8) is 0 Å². The van der Waals surface area contributed by atoms with Gasteiger partial charge in [-0.25, -0.2) is 4.79 Å². The lowest BCUT2D eigenvalue weighted by Crippen LogP contribution is -2.46. The van der Waals surface area contributed by atoms with Crippen LogP contribution in [0.15, 0.2) is 36.4 Å². The van der Waals surface area contributed by atoms with Crippen molar-refractivity contribution >= 4 is 17.8 Å². The number of carboxylic acid groups (broad SMARTS) is 1. The third-order valence-corrected chi connectivity index (χ3v) is 2.39. The Kier molecular flexibility index (Phi) is 5.94. The Hall–Kier alpha value is -2.83. The van der Waals surface area contributed by atoms with Gasteiger partial charge >= 0.3 is 5.97 Å². The molecule has 0 aliphatic heterocycles. The van der Waals surface area contributed by atoms with E-state index in [2.05, 4.69) is 5.43 Å². The summed E-state index contributed by atoms with van der Waals surface area (Å²) in [6.07, 6.45) is 0.624. The molecule has 1 rings (SSSR count). The van der Waals surface area contributed by atoms with Crippen LogP contribution >= 0.6 is 0 Å². The van der Waals surface area contributed by atoms with Crippen molar-refractivity contribution in [1.82, 2.24) is 10.9 Å². The van der Waals surface area contributed by atoms with E-state index in [9.17, 15) is 14.4 Å². The Balaban J connectivity index is 2.42. The highest BCUT2D eigenvalue weighted by molar-refractivity contribution is 5.95. The van der Waals surface area contributed by atoms with Crippen LogP contribution in [0.5, 0.6) is 5.75 Å². The molecule has 1 aromatic carbocycles. The number of hydrogen-bond donors (Lipinski definition) is 3. The summed E-state index contributed by atoms with van der Waals surface area (Å²) in [7, 11) is 0. The van der Waals surface area contributed by atoms with E-state index in [4.69, 9.17) is 9.84 Å². The number of carboxylic acids is 1. The molecule has 0 aliphatic carbocycles. The summed E-state index contributed by atoms with van der Waals surface area (Å²) in [6.45, 7) is 3.45. The maximum absolute atomic E-state index is 11.7. The van der Waals surface area contributed by atoms with Crippen molar-refractivity contribution in [2.45, 2.75) is 20.0 Å². The van der Waals surface area contributed by atoms with E-state index in [1.165, 1.54) is 6.92 Å². The maximum Gasteiger partial charge on any atom is 0.328 e. The summed E-state index contributed by atoms with van der Waals surface area (Å²) in [5, 5.41) is 8.34. The number of aliphatic carboxylic acids is 1. The Morgan fingerprint density at radius 2 is 1.76 bits per heavy atom. The fourth-order valence-corrected chi connectivity index (χ4v) is 1.29. The van der Waals surface area contributed by atoms with Gasteiger partial charge in [-0.3, -0.25) is 20.4 Å². The topological polar surface area (TPSA) is 105 Å².